The zero-order valence-corrected chi connectivity index (χ0v) is 17.9. The van der Waals surface area contributed by atoms with Crippen LogP contribution in [0.3, 0.4) is 0 Å². The molecule has 0 radical (unpaired) electrons. The van der Waals surface area contributed by atoms with Gasteiger partial charge in [-0.25, -0.2) is 4.98 Å². The van der Waals surface area contributed by atoms with Gasteiger partial charge in [-0.15, -0.1) is 36.2 Å². The van der Waals surface area contributed by atoms with E-state index in [-0.39, 0.29) is 43.2 Å². The van der Waals surface area contributed by atoms with Crippen LogP contribution in [0.25, 0.3) is 10.8 Å². The van der Waals surface area contributed by atoms with Crippen molar-refractivity contribution in [3.8, 4) is 10.8 Å². The van der Waals surface area contributed by atoms with Gasteiger partial charge in [-0.3, -0.25) is 4.79 Å². The Morgan fingerprint density at radius 3 is 2.89 bits per heavy atom. The van der Waals surface area contributed by atoms with Gasteiger partial charge >= 0.3 is 0 Å². The maximum Gasteiger partial charge on any atom is 0.226 e. The average molecular weight is 440 g/mol. The monoisotopic (exact) mass is 439 g/mol. The van der Waals surface area contributed by atoms with Crippen LogP contribution in [-0.2, 0) is 17.6 Å². The van der Waals surface area contributed by atoms with Crippen molar-refractivity contribution in [2.45, 2.75) is 38.6 Å². The number of nitrogen functional groups attached to an aromatic ring is 1. The normalized spacial score (nSPS) is 15.1. The Balaban J connectivity index is 0.00000140. The summed E-state index contributed by atoms with van der Waals surface area (Å²) in [6, 6.07) is 9.83. The zero-order chi connectivity index (χ0) is 18.1. The molecule has 1 amide bonds. The third kappa shape index (κ3) is 4.87. The molecule has 3 aromatic rings. The summed E-state index contributed by atoms with van der Waals surface area (Å²) in [4.78, 5) is 17.0. The first-order valence-corrected chi connectivity index (χ1v) is 9.65. The number of aryl methyl sites for hydroxylation is 2. The summed E-state index contributed by atoms with van der Waals surface area (Å²) in [7, 11) is 0. The Morgan fingerprint density at radius 1 is 1.32 bits per heavy atom. The Bertz CT molecular complexity index is 955. The summed E-state index contributed by atoms with van der Waals surface area (Å²) in [6.07, 6.45) is 3.30. The van der Waals surface area contributed by atoms with E-state index in [1.165, 1.54) is 22.5 Å². The number of aromatic nitrogens is 1. The molecular formula is C20H23Cl2N3O2S. The van der Waals surface area contributed by atoms with Crippen molar-refractivity contribution < 1.29 is 9.21 Å². The molecule has 0 bridgehead atoms. The minimum Gasteiger partial charge on any atom is -0.459 e. The molecule has 0 saturated heterocycles. The van der Waals surface area contributed by atoms with E-state index in [1.807, 2.05) is 42.6 Å². The van der Waals surface area contributed by atoms with Crippen molar-refractivity contribution in [1.29, 1.82) is 0 Å². The van der Waals surface area contributed by atoms with Crippen LogP contribution in [0.15, 0.2) is 40.1 Å². The summed E-state index contributed by atoms with van der Waals surface area (Å²) in [6.45, 7) is 1.90. The van der Waals surface area contributed by atoms with Crippen molar-refractivity contribution in [1.82, 2.24) is 10.3 Å². The van der Waals surface area contributed by atoms with Gasteiger partial charge in [0.1, 0.15) is 5.76 Å². The van der Waals surface area contributed by atoms with Gasteiger partial charge in [0.15, 0.2) is 10.8 Å². The number of anilines is 1. The fraction of sp³-hybridized carbons (Fsp3) is 0.300. The first kappa shape index (κ1) is 22.3. The lowest BCUT2D eigenvalue weighted by Crippen LogP contribution is -2.32. The van der Waals surface area contributed by atoms with Crippen LogP contribution in [0.4, 0.5) is 5.69 Å². The molecule has 5 nitrogen and oxygen atoms in total. The molecule has 1 aliphatic carbocycles. The van der Waals surface area contributed by atoms with Crippen molar-refractivity contribution in [2.75, 3.05) is 5.73 Å². The van der Waals surface area contributed by atoms with E-state index in [2.05, 4.69) is 10.3 Å². The molecule has 1 aromatic carbocycles. The van der Waals surface area contributed by atoms with Crippen molar-refractivity contribution in [3.05, 3.63) is 58.3 Å². The highest BCUT2D eigenvalue weighted by Crippen LogP contribution is 2.31. The number of nitrogens with two attached hydrogens (primary N) is 1. The first-order chi connectivity index (χ1) is 12.6. The number of halogens is 2. The zero-order valence-electron chi connectivity index (χ0n) is 15.4. The molecule has 2 heterocycles. The average Bonchev–Trinajstić information content (AvgIpc) is 3.23. The Kier molecular flexibility index (Phi) is 7.52. The molecule has 1 aliphatic rings. The molecule has 0 spiro atoms. The van der Waals surface area contributed by atoms with E-state index in [1.54, 1.807) is 0 Å². The minimum atomic E-state index is -0.00727. The summed E-state index contributed by atoms with van der Waals surface area (Å²) in [5.74, 6) is 1.59. The van der Waals surface area contributed by atoms with Gasteiger partial charge in [-0.1, -0.05) is 6.07 Å². The number of amides is 1. The maximum absolute atomic E-state index is 12.5. The fourth-order valence-electron chi connectivity index (χ4n) is 3.44. The van der Waals surface area contributed by atoms with Crippen molar-refractivity contribution >= 4 is 47.7 Å². The lowest BCUT2D eigenvalue weighted by molar-refractivity contribution is -0.121. The molecule has 3 N–H and O–H groups in total. The van der Waals surface area contributed by atoms with Crippen LogP contribution in [0, 0.1) is 6.92 Å². The molecule has 0 fully saturated rings. The molecule has 2 aromatic heterocycles. The Hall–Kier alpha value is -2.02. The summed E-state index contributed by atoms with van der Waals surface area (Å²) in [5.41, 5.74) is 9.85. The fourth-order valence-corrected chi connectivity index (χ4v) is 4.22. The van der Waals surface area contributed by atoms with E-state index in [0.717, 1.165) is 47.2 Å². The third-order valence-corrected chi connectivity index (χ3v) is 5.57. The second-order valence-electron chi connectivity index (χ2n) is 6.70. The number of hydrogen-bond acceptors (Lipinski definition) is 5. The molecule has 28 heavy (non-hydrogen) atoms. The Morgan fingerprint density at radius 2 is 2.14 bits per heavy atom. The number of benzene rings is 1. The molecule has 0 saturated carbocycles. The summed E-state index contributed by atoms with van der Waals surface area (Å²) < 4.78 is 5.60. The van der Waals surface area contributed by atoms with Gasteiger partial charge in [0.05, 0.1) is 18.2 Å². The van der Waals surface area contributed by atoms with Gasteiger partial charge in [-0.05, 0) is 61.6 Å². The van der Waals surface area contributed by atoms with Gasteiger partial charge in [-0.2, -0.15) is 0 Å². The highest BCUT2D eigenvalue weighted by atomic mass is 35.5. The molecule has 1 atom stereocenters. The molecular weight excluding hydrogens is 417 g/mol. The third-order valence-electron chi connectivity index (χ3n) is 4.66. The summed E-state index contributed by atoms with van der Waals surface area (Å²) >= 11 is 1.50. The van der Waals surface area contributed by atoms with Crippen LogP contribution in [-0.4, -0.2) is 10.9 Å². The minimum absolute atomic E-state index is 0. The lowest BCUT2D eigenvalue weighted by atomic mass is 9.87. The van der Waals surface area contributed by atoms with E-state index in [9.17, 15) is 4.79 Å². The quantitative estimate of drug-likeness (QED) is 0.567. The number of nitrogens with one attached hydrogen (secondary N) is 1. The predicted octanol–water partition coefficient (Wildman–Crippen LogP) is 4.87. The first-order valence-electron chi connectivity index (χ1n) is 8.77. The van der Waals surface area contributed by atoms with Gasteiger partial charge in [0.2, 0.25) is 5.91 Å². The number of carbonyl (C=O) groups is 1. The number of nitrogens with zero attached hydrogens (tertiary/aromatic N) is 1. The summed E-state index contributed by atoms with van der Waals surface area (Å²) in [5, 5.41) is 5.88. The lowest BCUT2D eigenvalue weighted by Gasteiger charge is -2.26. The van der Waals surface area contributed by atoms with E-state index in [0.29, 0.717) is 0 Å². The number of thiazole rings is 1. The molecule has 4 rings (SSSR count). The van der Waals surface area contributed by atoms with Crippen molar-refractivity contribution in [3.63, 3.8) is 0 Å². The van der Waals surface area contributed by atoms with Crippen LogP contribution >= 0.6 is 36.2 Å². The van der Waals surface area contributed by atoms with Crippen LogP contribution < -0.4 is 11.1 Å². The number of carbonyl (C=O) groups excluding carboxylic acids is 1. The van der Waals surface area contributed by atoms with Crippen LogP contribution in [0.2, 0.25) is 0 Å². The largest absolute Gasteiger partial charge is 0.459 e. The number of hydrogen-bond donors (Lipinski definition) is 2. The number of furan rings is 1. The predicted molar refractivity (Wildman–Crippen MR) is 117 cm³/mol. The van der Waals surface area contributed by atoms with Gasteiger partial charge in [0.25, 0.3) is 0 Å². The molecule has 150 valence electrons. The second kappa shape index (κ2) is 9.45. The standard InChI is InChI=1S/C20H21N3O2S.2ClH/c1-12-5-8-18(25-12)20-22-15(11-26-20)10-19(24)23-17-4-2-3-13-9-14(21)6-7-16(13)17;;/h5-9,11,17H,2-4,10,21H2,1H3,(H,23,24);2*1H. The van der Waals surface area contributed by atoms with Crippen molar-refractivity contribution in [2.24, 2.45) is 0 Å². The van der Waals surface area contributed by atoms with E-state index in [4.69, 9.17) is 10.2 Å². The van der Waals surface area contributed by atoms with Crippen LogP contribution in [0.5, 0.6) is 0 Å². The van der Waals surface area contributed by atoms with E-state index < -0.39 is 0 Å². The smallest absolute Gasteiger partial charge is 0.226 e. The SMILES string of the molecule is Cc1ccc(-c2nc(CC(=O)NC3CCCc4cc(N)ccc43)cs2)o1.Cl.Cl. The second-order valence-corrected chi connectivity index (χ2v) is 7.56. The molecule has 1 unspecified atom stereocenters. The van der Waals surface area contributed by atoms with Crippen LogP contribution in [0.1, 0.15) is 41.5 Å². The Labute approximate surface area is 180 Å². The number of rotatable bonds is 4. The molecule has 8 heteroatoms. The molecule has 0 aliphatic heterocycles. The van der Waals surface area contributed by atoms with E-state index >= 15 is 0 Å². The van der Waals surface area contributed by atoms with Gasteiger partial charge < -0.3 is 15.5 Å². The number of fused-ring (bicyclic) bond motifs is 1. The maximum atomic E-state index is 12.5. The highest BCUT2D eigenvalue weighted by molar-refractivity contribution is 7.13. The topological polar surface area (TPSA) is 81.2 Å². The van der Waals surface area contributed by atoms with Gasteiger partial charge in [0, 0.05) is 11.1 Å². The highest BCUT2D eigenvalue weighted by Gasteiger charge is 2.22.